The molecule has 0 aliphatic carbocycles. The first-order chi connectivity index (χ1) is 8.02. The third-order valence-corrected chi connectivity index (χ3v) is 3.92. The van der Waals surface area contributed by atoms with E-state index in [1.165, 1.54) is 30.2 Å². The van der Waals surface area contributed by atoms with Crippen molar-refractivity contribution in [3.63, 3.8) is 0 Å². The zero-order chi connectivity index (χ0) is 12.8. The largest absolute Gasteiger partial charge is 0.468 e. The monoisotopic (exact) mass is 275 g/mol. The van der Waals surface area contributed by atoms with E-state index in [0.717, 1.165) is 16.0 Å². The van der Waals surface area contributed by atoms with Crippen LogP contribution in [0.4, 0.5) is 5.13 Å². The highest BCUT2D eigenvalue weighted by molar-refractivity contribution is 8.02. The summed E-state index contributed by atoms with van der Waals surface area (Å²) in [4.78, 5) is 11.2. The van der Waals surface area contributed by atoms with Crippen LogP contribution < -0.4 is 5.32 Å². The summed E-state index contributed by atoms with van der Waals surface area (Å²) in [7, 11) is 1.38. The van der Waals surface area contributed by atoms with Gasteiger partial charge in [-0.15, -0.1) is 10.2 Å². The average Bonchev–Trinajstić information content (AvgIpc) is 2.73. The van der Waals surface area contributed by atoms with Crippen LogP contribution in [0.3, 0.4) is 0 Å². The number of aromatic nitrogens is 2. The van der Waals surface area contributed by atoms with Crippen molar-refractivity contribution in [1.29, 1.82) is 0 Å². The van der Waals surface area contributed by atoms with Crippen molar-refractivity contribution >= 4 is 34.2 Å². The number of methoxy groups -OCH3 is 1. The van der Waals surface area contributed by atoms with E-state index in [1.54, 1.807) is 6.92 Å². The van der Waals surface area contributed by atoms with Crippen LogP contribution >= 0.6 is 23.1 Å². The molecule has 0 aliphatic heterocycles. The van der Waals surface area contributed by atoms with E-state index in [-0.39, 0.29) is 11.2 Å². The Morgan fingerprint density at radius 1 is 1.47 bits per heavy atom. The number of esters is 1. The molecule has 0 aromatic carbocycles. The quantitative estimate of drug-likeness (QED) is 0.634. The van der Waals surface area contributed by atoms with Crippen molar-refractivity contribution in [1.82, 2.24) is 10.2 Å². The molecule has 1 atom stereocenters. The summed E-state index contributed by atoms with van der Waals surface area (Å²) in [5.74, 6) is 0.311. The predicted octanol–water partition coefficient (Wildman–Crippen LogP) is 2.26. The highest BCUT2D eigenvalue weighted by Gasteiger charge is 2.17. The summed E-state index contributed by atoms with van der Waals surface area (Å²) >= 11 is 2.81. The minimum absolute atomic E-state index is 0.248. The summed E-state index contributed by atoms with van der Waals surface area (Å²) in [6.07, 6.45) is 0. The van der Waals surface area contributed by atoms with Crippen LogP contribution in [-0.2, 0) is 9.53 Å². The van der Waals surface area contributed by atoms with E-state index in [1.807, 2.05) is 0 Å². The fraction of sp³-hybridized carbons (Fsp3) is 0.700. The fourth-order valence-electron chi connectivity index (χ4n) is 0.986. The Labute approximate surface area is 109 Å². The van der Waals surface area contributed by atoms with Crippen LogP contribution in [0.5, 0.6) is 0 Å². The van der Waals surface area contributed by atoms with Crippen LogP contribution in [0.2, 0.25) is 0 Å². The van der Waals surface area contributed by atoms with E-state index in [2.05, 4.69) is 34.1 Å². The zero-order valence-electron chi connectivity index (χ0n) is 10.4. The fourth-order valence-corrected chi connectivity index (χ4v) is 2.91. The molecule has 0 saturated carbocycles. The van der Waals surface area contributed by atoms with Crippen LogP contribution in [0.1, 0.15) is 20.8 Å². The Morgan fingerprint density at radius 3 is 2.76 bits per heavy atom. The SMILES string of the molecule is COC(=O)C(C)Sc1nnc(NCC(C)C)s1. The highest BCUT2D eigenvalue weighted by atomic mass is 32.2. The van der Waals surface area contributed by atoms with Gasteiger partial charge in [0, 0.05) is 6.54 Å². The molecular weight excluding hydrogens is 258 g/mol. The highest BCUT2D eigenvalue weighted by Crippen LogP contribution is 2.29. The second-order valence-electron chi connectivity index (χ2n) is 3.93. The van der Waals surface area contributed by atoms with E-state index in [4.69, 9.17) is 0 Å². The van der Waals surface area contributed by atoms with E-state index < -0.39 is 0 Å². The van der Waals surface area contributed by atoms with Gasteiger partial charge in [-0.05, 0) is 12.8 Å². The number of rotatable bonds is 6. The lowest BCUT2D eigenvalue weighted by Gasteiger charge is -2.05. The number of hydrogen-bond donors (Lipinski definition) is 1. The van der Waals surface area contributed by atoms with Gasteiger partial charge in [0.1, 0.15) is 5.25 Å². The van der Waals surface area contributed by atoms with Crippen LogP contribution in [-0.4, -0.2) is 35.1 Å². The van der Waals surface area contributed by atoms with Crippen molar-refractivity contribution in [2.45, 2.75) is 30.4 Å². The van der Waals surface area contributed by atoms with Gasteiger partial charge in [-0.3, -0.25) is 4.79 Å². The number of carbonyl (C=O) groups is 1. The molecule has 1 N–H and O–H groups in total. The Morgan fingerprint density at radius 2 is 2.18 bits per heavy atom. The molecule has 0 aliphatic rings. The van der Waals surface area contributed by atoms with Gasteiger partial charge in [0.05, 0.1) is 7.11 Å². The lowest BCUT2D eigenvalue weighted by atomic mass is 10.2. The standard InChI is InChI=1S/C10H17N3O2S2/c1-6(2)5-11-9-12-13-10(17-9)16-7(3)8(14)15-4/h6-7H,5H2,1-4H3,(H,11,12). The third-order valence-electron chi connectivity index (χ3n) is 1.88. The number of anilines is 1. The molecule has 0 fully saturated rings. The summed E-state index contributed by atoms with van der Waals surface area (Å²) < 4.78 is 5.42. The van der Waals surface area contributed by atoms with Crippen LogP contribution in [0, 0.1) is 5.92 Å². The first kappa shape index (κ1) is 14.2. The maximum absolute atomic E-state index is 11.2. The summed E-state index contributed by atoms with van der Waals surface area (Å²) in [6, 6.07) is 0. The Kier molecular flexibility index (Phi) is 5.70. The minimum atomic E-state index is -0.258. The van der Waals surface area contributed by atoms with Gasteiger partial charge in [-0.1, -0.05) is 36.9 Å². The number of nitrogens with zero attached hydrogens (tertiary/aromatic N) is 2. The number of ether oxygens (including phenoxy) is 1. The smallest absolute Gasteiger partial charge is 0.318 e. The van der Waals surface area contributed by atoms with Crippen molar-refractivity contribution in [2.24, 2.45) is 5.92 Å². The van der Waals surface area contributed by atoms with Crippen molar-refractivity contribution in [3.8, 4) is 0 Å². The molecule has 17 heavy (non-hydrogen) atoms. The second kappa shape index (κ2) is 6.80. The van der Waals surface area contributed by atoms with Crippen molar-refractivity contribution in [2.75, 3.05) is 19.0 Å². The average molecular weight is 275 g/mol. The molecule has 1 heterocycles. The molecule has 5 nitrogen and oxygen atoms in total. The van der Waals surface area contributed by atoms with Crippen LogP contribution in [0.15, 0.2) is 4.34 Å². The first-order valence-corrected chi connectivity index (χ1v) is 7.04. The lowest BCUT2D eigenvalue weighted by molar-refractivity contribution is -0.139. The van der Waals surface area contributed by atoms with Crippen LogP contribution in [0.25, 0.3) is 0 Å². The topological polar surface area (TPSA) is 64.1 Å². The molecule has 96 valence electrons. The molecule has 1 rings (SSSR count). The Balaban J connectivity index is 2.48. The summed E-state index contributed by atoms with van der Waals surface area (Å²) in [6.45, 7) is 6.91. The van der Waals surface area contributed by atoms with E-state index >= 15 is 0 Å². The number of carbonyl (C=O) groups excluding carboxylic acids is 1. The molecule has 0 bridgehead atoms. The minimum Gasteiger partial charge on any atom is -0.468 e. The van der Waals surface area contributed by atoms with E-state index in [9.17, 15) is 4.79 Å². The van der Waals surface area contributed by atoms with Gasteiger partial charge in [0.15, 0.2) is 4.34 Å². The Bertz CT molecular complexity index is 368. The van der Waals surface area contributed by atoms with E-state index in [0.29, 0.717) is 5.92 Å². The normalized spacial score (nSPS) is 12.5. The molecule has 0 saturated heterocycles. The maximum Gasteiger partial charge on any atom is 0.318 e. The molecule has 0 radical (unpaired) electrons. The van der Waals surface area contributed by atoms with Gasteiger partial charge in [-0.2, -0.15) is 0 Å². The van der Waals surface area contributed by atoms with Gasteiger partial charge >= 0.3 is 5.97 Å². The van der Waals surface area contributed by atoms with Gasteiger partial charge < -0.3 is 10.1 Å². The predicted molar refractivity (Wildman–Crippen MR) is 70.6 cm³/mol. The number of nitrogens with one attached hydrogen (secondary N) is 1. The van der Waals surface area contributed by atoms with Gasteiger partial charge in [0.2, 0.25) is 5.13 Å². The maximum atomic E-state index is 11.2. The van der Waals surface area contributed by atoms with Gasteiger partial charge in [-0.25, -0.2) is 0 Å². The molecule has 1 unspecified atom stereocenters. The lowest BCUT2D eigenvalue weighted by Crippen LogP contribution is -2.14. The van der Waals surface area contributed by atoms with Crippen molar-refractivity contribution < 1.29 is 9.53 Å². The number of thioether (sulfide) groups is 1. The van der Waals surface area contributed by atoms with Gasteiger partial charge in [0.25, 0.3) is 0 Å². The Hall–Kier alpha value is -0.820. The zero-order valence-corrected chi connectivity index (χ0v) is 12.0. The first-order valence-electron chi connectivity index (χ1n) is 5.34. The molecule has 1 aromatic rings. The molecule has 7 heteroatoms. The van der Waals surface area contributed by atoms with Crippen molar-refractivity contribution in [3.05, 3.63) is 0 Å². The molecule has 1 aromatic heterocycles. The summed E-state index contributed by atoms with van der Waals surface area (Å²) in [5.41, 5.74) is 0. The second-order valence-corrected chi connectivity index (χ2v) is 6.50. The third kappa shape index (κ3) is 4.91. The molecule has 0 spiro atoms. The molecular formula is C10H17N3O2S2. The number of hydrogen-bond acceptors (Lipinski definition) is 7. The summed E-state index contributed by atoms with van der Waals surface area (Å²) in [5, 5.41) is 11.8. The molecule has 0 amide bonds.